The minimum Gasteiger partial charge on any atom is -0.313 e. The molecule has 2 unspecified atom stereocenters. The zero-order valence-electron chi connectivity index (χ0n) is 24.3. The van der Waals surface area contributed by atoms with E-state index in [-0.39, 0.29) is 0 Å². The Balaban J connectivity index is 1.60. The number of para-hydroxylation sites is 3. The highest BCUT2D eigenvalue weighted by atomic mass is 15.2. The average Bonchev–Trinajstić information content (AvgIpc) is 3.04. The Kier molecular flexibility index (Phi) is 6.97. The molecule has 2 aliphatic carbocycles. The Morgan fingerprint density at radius 1 is 0.595 bits per heavy atom. The fraction of sp³-hybridized carbons (Fsp3) is 0.150. The van der Waals surface area contributed by atoms with E-state index >= 15 is 0 Å². The Labute approximate surface area is 249 Å². The average molecular weight is 545 g/mol. The first kappa shape index (κ1) is 26.1. The second-order valence-corrected chi connectivity index (χ2v) is 11.5. The SMILES string of the molecule is CC1C=CC=C(N(c2ccccc2)c2c3c(c(N(c4ccccc4)c4ccccc4)c4ccccc24)C=CCC3C)C1. The topological polar surface area (TPSA) is 6.48 Å². The molecule has 0 heterocycles. The molecule has 0 saturated heterocycles. The lowest BCUT2D eigenvalue weighted by atomic mass is 9.82. The van der Waals surface area contributed by atoms with Crippen molar-refractivity contribution in [1.82, 2.24) is 0 Å². The summed E-state index contributed by atoms with van der Waals surface area (Å²) in [7, 11) is 0. The highest BCUT2D eigenvalue weighted by molar-refractivity contribution is 6.11. The lowest BCUT2D eigenvalue weighted by Gasteiger charge is -2.38. The molecule has 2 nitrogen and oxygen atoms in total. The lowest BCUT2D eigenvalue weighted by molar-refractivity contribution is 0.694. The molecule has 206 valence electrons. The standard InChI is InChI=1S/C40H36N2/c1-29-16-14-24-34(28-29)42(33-22-10-5-11-23-33)40-36-26-13-12-25-35(36)39(37-27-15-17-30(2)38(37)40)41(31-18-6-3-7-19-31)32-20-8-4-9-21-32/h3-16,18-27,29-30H,17,28H2,1-2H3. The first-order valence-electron chi connectivity index (χ1n) is 15.1. The molecule has 0 aromatic heterocycles. The van der Waals surface area contributed by atoms with E-state index in [9.17, 15) is 0 Å². The highest BCUT2D eigenvalue weighted by Crippen LogP contribution is 2.53. The number of allylic oxidation sites excluding steroid dienone is 5. The summed E-state index contributed by atoms with van der Waals surface area (Å²) < 4.78 is 0. The van der Waals surface area contributed by atoms with Crippen LogP contribution in [0.4, 0.5) is 28.4 Å². The summed E-state index contributed by atoms with van der Waals surface area (Å²) in [5.74, 6) is 0.849. The molecular formula is C40H36N2. The van der Waals surface area contributed by atoms with Crippen molar-refractivity contribution in [2.24, 2.45) is 5.92 Å². The van der Waals surface area contributed by atoms with E-state index in [4.69, 9.17) is 0 Å². The van der Waals surface area contributed by atoms with Gasteiger partial charge in [-0.25, -0.2) is 0 Å². The van der Waals surface area contributed by atoms with Crippen molar-refractivity contribution < 1.29 is 0 Å². The van der Waals surface area contributed by atoms with Gasteiger partial charge in [0.2, 0.25) is 0 Å². The van der Waals surface area contributed by atoms with Crippen molar-refractivity contribution in [2.45, 2.75) is 32.6 Å². The molecule has 0 aliphatic heterocycles. The number of hydrogen-bond acceptors (Lipinski definition) is 2. The van der Waals surface area contributed by atoms with Crippen molar-refractivity contribution in [3.05, 3.63) is 156 Å². The van der Waals surface area contributed by atoms with Crippen LogP contribution in [0.5, 0.6) is 0 Å². The van der Waals surface area contributed by atoms with Crippen molar-refractivity contribution in [3.63, 3.8) is 0 Å². The van der Waals surface area contributed by atoms with Crippen LogP contribution < -0.4 is 9.80 Å². The van der Waals surface area contributed by atoms with Gasteiger partial charge in [0.1, 0.15) is 0 Å². The predicted octanol–water partition coefficient (Wildman–Crippen LogP) is 11.4. The van der Waals surface area contributed by atoms with Gasteiger partial charge in [0.05, 0.1) is 11.4 Å². The fourth-order valence-electron chi connectivity index (χ4n) is 6.66. The van der Waals surface area contributed by atoms with Crippen LogP contribution in [0.15, 0.2) is 145 Å². The van der Waals surface area contributed by atoms with Gasteiger partial charge in [-0.3, -0.25) is 0 Å². The molecule has 0 radical (unpaired) electrons. The van der Waals surface area contributed by atoms with Gasteiger partial charge in [-0.1, -0.05) is 117 Å². The second-order valence-electron chi connectivity index (χ2n) is 11.5. The molecule has 7 rings (SSSR count). The summed E-state index contributed by atoms with van der Waals surface area (Å²) in [6.07, 6.45) is 13.6. The Morgan fingerprint density at radius 2 is 1.12 bits per heavy atom. The summed E-state index contributed by atoms with van der Waals surface area (Å²) in [5, 5.41) is 2.52. The minimum absolute atomic E-state index is 0.361. The van der Waals surface area contributed by atoms with E-state index in [1.165, 1.54) is 44.7 Å². The van der Waals surface area contributed by atoms with E-state index in [1.54, 1.807) is 0 Å². The van der Waals surface area contributed by atoms with Gasteiger partial charge in [0.25, 0.3) is 0 Å². The van der Waals surface area contributed by atoms with Crippen LogP contribution in [-0.4, -0.2) is 0 Å². The number of fused-ring (bicyclic) bond motifs is 2. The van der Waals surface area contributed by atoms with E-state index in [1.807, 2.05) is 0 Å². The third-order valence-corrected chi connectivity index (χ3v) is 8.54. The van der Waals surface area contributed by atoms with Crippen LogP contribution in [-0.2, 0) is 0 Å². The summed E-state index contributed by atoms with van der Waals surface area (Å²) in [6, 6.07) is 41.5. The minimum atomic E-state index is 0.361. The van der Waals surface area contributed by atoms with Gasteiger partial charge in [-0.05, 0) is 72.7 Å². The van der Waals surface area contributed by atoms with E-state index in [2.05, 4.69) is 169 Å². The predicted molar refractivity (Wildman–Crippen MR) is 180 cm³/mol. The zero-order valence-corrected chi connectivity index (χ0v) is 24.3. The largest absolute Gasteiger partial charge is 0.313 e. The molecule has 2 aliphatic rings. The van der Waals surface area contributed by atoms with Crippen LogP contribution in [0.2, 0.25) is 0 Å². The molecular weight excluding hydrogens is 508 g/mol. The van der Waals surface area contributed by atoms with Gasteiger partial charge in [0, 0.05) is 39.1 Å². The quantitative estimate of drug-likeness (QED) is 0.196. The Bertz CT molecular complexity index is 1760. The third-order valence-electron chi connectivity index (χ3n) is 8.54. The van der Waals surface area contributed by atoms with E-state index in [0.717, 1.165) is 24.2 Å². The molecule has 2 heteroatoms. The van der Waals surface area contributed by atoms with E-state index in [0.29, 0.717) is 11.8 Å². The molecule has 0 N–H and O–H groups in total. The van der Waals surface area contributed by atoms with Gasteiger partial charge >= 0.3 is 0 Å². The van der Waals surface area contributed by atoms with Gasteiger partial charge in [-0.15, -0.1) is 0 Å². The third kappa shape index (κ3) is 4.63. The monoisotopic (exact) mass is 544 g/mol. The highest BCUT2D eigenvalue weighted by Gasteiger charge is 2.31. The molecule has 5 aromatic carbocycles. The molecule has 0 bridgehead atoms. The lowest BCUT2D eigenvalue weighted by Crippen LogP contribution is -2.23. The maximum absolute atomic E-state index is 2.55. The summed E-state index contributed by atoms with van der Waals surface area (Å²) in [4.78, 5) is 5.00. The number of benzene rings is 5. The normalized spacial score (nSPS) is 17.5. The fourth-order valence-corrected chi connectivity index (χ4v) is 6.66. The van der Waals surface area contributed by atoms with Gasteiger partial charge in [-0.2, -0.15) is 0 Å². The first-order chi connectivity index (χ1) is 20.7. The van der Waals surface area contributed by atoms with Crippen LogP contribution in [0, 0.1) is 5.92 Å². The maximum atomic E-state index is 2.55. The first-order valence-corrected chi connectivity index (χ1v) is 15.1. The van der Waals surface area contributed by atoms with Crippen molar-refractivity contribution >= 4 is 45.3 Å². The second kappa shape index (κ2) is 11.2. The van der Waals surface area contributed by atoms with Crippen LogP contribution in [0.3, 0.4) is 0 Å². The van der Waals surface area contributed by atoms with Crippen molar-refractivity contribution in [2.75, 3.05) is 9.80 Å². The summed E-state index contributed by atoms with van der Waals surface area (Å²) >= 11 is 0. The Morgan fingerprint density at radius 3 is 1.69 bits per heavy atom. The summed E-state index contributed by atoms with van der Waals surface area (Å²) in [6.45, 7) is 4.70. The number of nitrogens with zero attached hydrogens (tertiary/aromatic N) is 2. The zero-order chi connectivity index (χ0) is 28.5. The number of rotatable bonds is 6. The molecule has 2 atom stereocenters. The van der Waals surface area contributed by atoms with Crippen molar-refractivity contribution in [3.8, 4) is 0 Å². The summed E-state index contributed by atoms with van der Waals surface area (Å²) in [5.41, 5.74) is 10.1. The van der Waals surface area contributed by atoms with Crippen LogP contribution >= 0.6 is 0 Å². The van der Waals surface area contributed by atoms with Crippen LogP contribution in [0.1, 0.15) is 43.7 Å². The molecule has 0 saturated carbocycles. The smallest absolute Gasteiger partial charge is 0.0616 e. The van der Waals surface area contributed by atoms with Crippen LogP contribution in [0.25, 0.3) is 16.8 Å². The molecule has 0 spiro atoms. The van der Waals surface area contributed by atoms with Gasteiger partial charge < -0.3 is 9.80 Å². The van der Waals surface area contributed by atoms with Gasteiger partial charge in [0.15, 0.2) is 0 Å². The number of anilines is 5. The Hall–Kier alpha value is -4.82. The van der Waals surface area contributed by atoms with E-state index < -0.39 is 0 Å². The van der Waals surface area contributed by atoms with Crippen molar-refractivity contribution in [1.29, 1.82) is 0 Å². The molecule has 42 heavy (non-hydrogen) atoms. The molecule has 0 fully saturated rings. The maximum Gasteiger partial charge on any atom is 0.0616 e. The number of hydrogen-bond donors (Lipinski definition) is 0. The molecule has 0 amide bonds. The molecule has 5 aromatic rings.